The van der Waals surface area contributed by atoms with E-state index in [4.69, 9.17) is 25.5 Å². The molecule has 1 aromatic heterocycles. The molecule has 0 spiro atoms. The summed E-state index contributed by atoms with van der Waals surface area (Å²) < 4.78 is 29.1. The Hall–Kier alpha value is -2.90. The molecule has 2 aromatic carbocycles. The number of hydrogen-bond donors (Lipinski definition) is 1. The molecule has 0 aliphatic rings. The lowest BCUT2D eigenvalue weighted by atomic mass is 10.1. The van der Waals surface area contributed by atoms with Crippen LogP contribution >= 0.6 is 11.6 Å². The van der Waals surface area contributed by atoms with Crippen LogP contribution in [0.15, 0.2) is 46.9 Å². The smallest absolute Gasteiger partial charge is 0.375 e. The summed E-state index contributed by atoms with van der Waals surface area (Å²) in [6.45, 7) is 1.55. The Balaban J connectivity index is 1.76. The summed E-state index contributed by atoms with van der Waals surface area (Å²) in [6, 6.07) is 10.7. The number of fused-ring (bicyclic) bond motifs is 1. The van der Waals surface area contributed by atoms with Gasteiger partial charge in [0.15, 0.2) is 6.10 Å². The zero-order valence-corrected chi connectivity index (χ0v) is 15.9. The summed E-state index contributed by atoms with van der Waals surface area (Å²) >= 11 is 5.89. The molecule has 28 heavy (non-hydrogen) atoms. The summed E-state index contributed by atoms with van der Waals surface area (Å²) in [5, 5.41) is 3.25. The van der Waals surface area contributed by atoms with Crippen molar-refractivity contribution in [3.63, 3.8) is 0 Å². The Kier molecular flexibility index (Phi) is 5.96. The normalized spacial score (nSPS) is 12.0. The second-order valence-electron chi connectivity index (χ2n) is 6.00. The number of esters is 1. The molecule has 1 N–H and O–H groups in total. The number of rotatable bonds is 6. The first-order chi connectivity index (χ1) is 13.4. The molecule has 8 heteroatoms. The molecular formula is C20H17ClFNO5. The van der Waals surface area contributed by atoms with Gasteiger partial charge in [-0.1, -0.05) is 29.8 Å². The maximum absolute atomic E-state index is 13.1. The molecule has 6 nitrogen and oxygen atoms in total. The third kappa shape index (κ3) is 4.16. The average Bonchev–Trinajstić information content (AvgIpc) is 3.03. The van der Waals surface area contributed by atoms with Gasteiger partial charge < -0.3 is 19.2 Å². The minimum atomic E-state index is -1.14. The van der Waals surface area contributed by atoms with Crippen molar-refractivity contribution in [2.75, 3.05) is 12.4 Å². The van der Waals surface area contributed by atoms with E-state index in [-0.39, 0.29) is 23.1 Å². The fourth-order valence-corrected chi connectivity index (χ4v) is 2.86. The van der Waals surface area contributed by atoms with E-state index in [1.165, 1.54) is 20.1 Å². The monoisotopic (exact) mass is 405 g/mol. The van der Waals surface area contributed by atoms with Gasteiger partial charge in [0.05, 0.1) is 17.3 Å². The molecule has 1 amide bonds. The quantitative estimate of drug-likeness (QED) is 0.608. The van der Waals surface area contributed by atoms with E-state index >= 15 is 0 Å². The van der Waals surface area contributed by atoms with Gasteiger partial charge in [0, 0.05) is 18.1 Å². The van der Waals surface area contributed by atoms with Crippen molar-refractivity contribution in [1.29, 1.82) is 0 Å². The first-order valence-electron chi connectivity index (χ1n) is 8.37. The highest BCUT2D eigenvalue weighted by Crippen LogP contribution is 2.28. The first-order valence-corrected chi connectivity index (χ1v) is 8.74. The highest BCUT2D eigenvalue weighted by molar-refractivity contribution is 6.33. The largest absolute Gasteiger partial charge is 0.449 e. The summed E-state index contributed by atoms with van der Waals surface area (Å²) in [5.74, 6) is -1.97. The molecule has 0 aliphatic carbocycles. The second kappa shape index (κ2) is 8.41. The number of anilines is 1. The molecule has 0 saturated carbocycles. The minimum Gasteiger partial charge on any atom is -0.449 e. The number of carbonyl (C=O) groups is 2. The van der Waals surface area contributed by atoms with E-state index < -0.39 is 23.8 Å². The number of furan rings is 1. The van der Waals surface area contributed by atoms with Crippen LogP contribution in [0.5, 0.6) is 0 Å². The lowest BCUT2D eigenvalue weighted by Gasteiger charge is -2.14. The zero-order chi connectivity index (χ0) is 20.3. The fraction of sp³-hybridized carbons (Fsp3) is 0.200. The van der Waals surface area contributed by atoms with Gasteiger partial charge in [-0.2, -0.15) is 0 Å². The molecule has 146 valence electrons. The van der Waals surface area contributed by atoms with Gasteiger partial charge in [-0.05, 0) is 31.2 Å². The number of amides is 1. The van der Waals surface area contributed by atoms with E-state index in [1.54, 1.807) is 18.2 Å². The first kappa shape index (κ1) is 19.9. The van der Waals surface area contributed by atoms with Crippen LogP contribution in [-0.2, 0) is 20.9 Å². The number of carbonyl (C=O) groups excluding carboxylic acids is 2. The summed E-state index contributed by atoms with van der Waals surface area (Å²) in [7, 11) is 1.50. The number of para-hydroxylation sites is 1. The average molecular weight is 406 g/mol. The Morgan fingerprint density at radius 3 is 2.71 bits per heavy atom. The highest BCUT2D eigenvalue weighted by atomic mass is 35.5. The van der Waals surface area contributed by atoms with Crippen LogP contribution in [-0.4, -0.2) is 25.1 Å². The second-order valence-corrected chi connectivity index (χ2v) is 6.41. The van der Waals surface area contributed by atoms with E-state index in [2.05, 4.69) is 5.32 Å². The van der Waals surface area contributed by atoms with Crippen LogP contribution in [0.3, 0.4) is 0 Å². The maximum Gasteiger partial charge on any atom is 0.375 e. The SMILES string of the molecule is COCc1c(C(=O)O[C@H](C)C(=O)Nc2ccc(F)cc2Cl)oc2ccccc12. The predicted molar refractivity (Wildman–Crippen MR) is 102 cm³/mol. The number of halogens is 2. The zero-order valence-electron chi connectivity index (χ0n) is 15.1. The van der Waals surface area contributed by atoms with Crippen LogP contribution in [0, 0.1) is 5.82 Å². The fourth-order valence-electron chi connectivity index (χ4n) is 2.64. The minimum absolute atomic E-state index is 0.0254. The Morgan fingerprint density at radius 2 is 2.00 bits per heavy atom. The molecule has 1 atom stereocenters. The van der Waals surface area contributed by atoms with Crippen LogP contribution in [0.1, 0.15) is 23.0 Å². The molecule has 0 saturated heterocycles. The third-order valence-corrected chi connectivity index (χ3v) is 4.33. The number of hydrogen-bond acceptors (Lipinski definition) is 5. The number of ether oxygens (including phenoxy) is 2. The molecular weight excluding hydrogens is 389 g/mol. The van der Waals surface area contributed by atoms with E-state index in [0.29, 0.717) is 11.1 Å². The Bertz CT molecular complexity index is 1030. The van der Waals surface area contributed by atoms with Crippen LogP contribution < -0.4 is 5.32 Å². The van der Waals surface area contributed by atoms with E-state index in [1.807, 2.05) is 6.07 Å². The van der Waals surface area contributed by atoms with Crippen molar-refractivity contribution in [3.8, 4) is 0 Å². The molecule has 3 rings (SSSR count). The molecule has 0 unspecified atom stereocenters. The Morgan fingerprint density at radius 1 is 1.25 bits per heavy atom. The lowest BCUT2D eigenvalue weighted by molar-refractivity contribution is -0.123. The topological polar surface area (TPSA) is 77.8 Å². The molecule has 0 bridgehead atoms. The van der Waals surface area contributed by atoms with Gasteiger partial charge in [0.2, 0.25) is 5.76 Å². The molecule has 0 aliphatic heterocycles. The van der Waals surface area contributed by atoms with Crippen molar-refractivity contribution < 1.29 is 27.9 Å². The number of methoxy groups -OCH3 is 1. The van der Waals surface area contributed by atoms with Crippen molar-refractivity contribution in [3.05, 3.63) is 64.6 Å². The number of benzene rings is 2. The lowest BCUT2D eigenvalue weighted by Crippen LogP contribution is -2.30. The molecule has 3 aromatic rings. The summed E-state index contributed by atoms with van der Waals surface area (Å²) in [5.41, 5.74) is 1.26. The van der Waals surface area contributed by atoms with Gasteiger partial charge in [-0.15, -0.1) is 0 Å². The molecule has 1 heterocycles. The highest BCUT2D eigenvalue weighted by Gasteiger charge is 2.26. The summed E-state index contributed by atoms with van der Waals surface area (Å²) in [6.07, 6.45) is -1.14. The van der Waals surface area contributed by atoms with Crippen LogP contribution in [0.4, 0.5) is 10.1 Å². The predicted octanol–water partition coefficient (Wildman–Crippen LogP) is 4.56. The van der Waals surface area contributed by atoms with Gasteiger partial charge in [0.1, 0.15) is 11.4 Å². The van der Waals surface area contributed by atoms with E-state index in [0.717, 1.165) is 17.5 Å². The number of nitrogens with one attached hydrogen (secondary N) is 1. The molecule has 0 radical (unpaired) electrons. The van der Waals surface area contributed by atoms with Gasteiger partial charge in [0.25, 0.3) is 5.91 Å². The Labute approximate surface area is 165 Å². The van der Waals surface area contributed by atoms with Crippen molar-refractivity contribution in [2.45, 2.75) is 19.6 Å². The van der Waals surface area contributed by atoms with Crippen molar-refractivity contribution >= 4 is 40.1 Å². The molecule has 0 fully saturated rings. The van der Waals surface area contributed by atoms with Gasteiger partial charge in [-0.25, -0.2) is 9.18 Å². The van der Waals surface area contributed by atoms with Gasteiger partial charge in [-0.3, -0.25) is 4.79 Å². The van der Waals surface area contributed by atoms with Crippen LogP contribution in [0.2, 0.25) is 5.02 Å². The van der Waals surface area contributed by atoms with Gasteiger partial charge >= 0.3 is 5.97 Å². The van der Waals surface area contributed by atoms with E-state index in [9.17, 15) is 14.0 Å². The standard InChI is InChI=1S/C20H17ClFNO5/c1-11(19(24)23-16-8-7-12(22)9-15(16)21)27-20(25)18-14(10-26-2)13-5-3-4-6-17(13)28-18/h3-9,11H,10H2,1-2H3,(H,23,24)/t11-/m1/s1. The summed E-state index contributed by atoms with van der Waals surface area (Å²) in [4.78, 5) is 24.9. The third-order valence-electron chi connectivity index (χ3n) is 4.01. The van der Waals surface area contributed by atoms with Crippen molar-refractivity contribution in [2.24, 2.45) is 0 Å². The maximum atomic E-state index is 13.1. The van der Waals surface area contributed by atoms with Crippen molar-refractivity contribution in [1.82, 2.24) is 0 Å². The van der Waals surface area contributed by atoms with Crippen LogP contribution in [0.25, 0.3) is 11.0 Å².